The summed E-state index contributed by atoms with van der Waals surface area (Å²) in [6, 6.07) is 7.52. The highest BCUT2D eigenvalue weighted by atomic mass is 19.4. The van der Waals surface area contributed by atoms with Gasteiger partial charge in [0.15, 0.2) is 0 Å². The quantitative estimate of drug-likeness (QED) is 0.921. The third kappa shape index (κ3) is 4.37. The Morgan fingerprint density at radius 1 is 1.12 bits per heavy atom. The van der Waals surface area contributed by atoms with Crippen LogP contribution in [-0.2, 0) is 6.18 Å². The number of ether oxygens (including phenoxy) is 1. The molecule has 8 heteroatoms. The maximum Gasteiger partial charge on any atom is 0.449 e. The molecule has 1 heterocycles. The normalized spacial score (nSPS) is 11.4. The lowest BCUT2D eigenvalue weighted by Gasteiger charge is -2.10. The zero-order valence-electron chi connectivity index (χ0n) is 12.8. The van der Waals surface area contributed by atoms with Crippen LogP contribution in [0.15, 0.2) is 45.6 Å². The molecule has 0 aliphatic rings. The summed E-state index contributed by atoms with van der Waals surface area (Å²) in [5.41, 5.74) is -1.45. The van der Waals surface area contributed by atoms with E-state index in [-0.39, 0.29) is 17.4 Å². The number of alkyl halides is 3. The van der Waals surface area contributed by atoms with Gasteiger partial charge in [-0.2, -0.15) is 13.2 Å². The predicted octanol–water partition coefficient (Wildman–Crippen LogP) is 3.70. The van der Waals surface area contributed by atoms with Crippen LogP contribution in [0, 0.1) is 0 Å². The fourth-order valence-corrected chi connectivity index (χ4v) is 1.81. The van der Waals surface area contributed by atoms with Crippen LogP contribution < -0.4 is 15.7 Å². The number of benzene rings is 1. The summed E-state index contributed by atoms with van der Waals surface area (Å²) in [5.74, 6) is -1.52. The van der Waals surface area contributed by atoms with Crippen molar-refractivity contribution in [3.8, 4) is 5.75 Å². The lowest BCUT2D eigenvalue weighted by atomic mass is 10.2. The number of halogens is 3. The third-order valence-corrected chi connectivity index (χ3v) is 2.84. The minimum atomic E-state index is -4.77. The Kier molecular flexibility index (Phi) is 4.96. The first-order chi connectivity index (χ1) is 11.2. The highest BCUT2D eigenvalue weighted by molar-refractivity contribution is 6.04. The fraction of sp³-hybridized carbons (Fsp3) is 0.250. The average Bonchev–Trinajstić information content (AvgIpc) is 2.48. The molecule has 5 nitrogen and oxygen atoms in total. The van der Waals surface area contributed by atoms with Crippen molar-refractivity contribution in [3.63, 3.8) is 0 Å². The molecule has 1 aromatic carbocycles. The van der Waals surface area contributed by atoms with Crippen molar-refractivity contribution >= 4 is 11.6 Å². The van der Waals surface area contributed by atoms with E-state index in [1.54, 1.807) is 12.1 Å². The number of hydrogen-bond donors (Lipinski definition) is 1. The topological polar surface area (TPSA) is 68.5 Å². The van der Waals surface area contributed by atoms with Gasteiger partial charge in [0.1, 0.15) is 11.4 Å². The molecule has 0 radical (unpaired) electrons. The van der Waals surface area contributed by atoms with Gasteiger partial charge in [0, 0.05) is 5.56 Å². The molecular weight excluding hydrogens is 327 g/mol. The maximum absolute atomic E-state index is 12.4. The molecule has 0 saturated carbocycles. The van der Waals surface area contributed by atoms with Crippen LogP contribution in [0.3, 0.4) is 0 Å². The lowest BCUT2D eigenvalue weighted by Crippen LogP contribution is -2.19. The first-order valence-electron chi connectivity index (χ1n) is 6.96. The Morgan fingerprint density at radius 3 is 2.25 bits per heavy atom. The number of amides is 1. The second kappa shape index (κ2) is 6.77. The molecule has 0 aliphatic heterocycles. The Morgan fingerprint density at radius 2 is 1.75 bits per heavy atom. The lowest BCUT2D eigenvalue weighted by molar-refractivity contribution is -0.154. The van der Waals surface area contributed by atoms with Gasteiger partial charge in [-0.05, 0) is 50.2 Å². The van der Waals surface area contributed by atoms with Crippen molar-refractivity contribution < 1.29 is 27.1 Å². The SMILES string of the molecule is CC(C)Oc1ccc(C(=O)Nc2ccc(C(F)(F)F)oc2=O)cc1. The molecule has 0 aliphatic carbocycles. The molecule has 0 atom stereocenters. The van der Waals surface area contributed by atoms with Crippen LogP contribution in [0.4, 0.5) is 18.9 Å². The molecule has 0 spiro atoms. The molecule has 128 valence electrons. The summed E-state index contributed by atoms with van der Waals surface area (Å²) in [4.78, 5) is 23.6. The number of anilines is 1. The number of hydrogen-bond acceptors (Lipinski definition) is 4. The van der Waals surface area contributed by atoms with Gasteiger partial charge in [0.05, 0.1) is 6.10 Å². The first-order valence-corrected chi connectivity index (χ1v) is 6.96. The van der Waals surface area contributed by atoms with E-state index in [0.29, 0.717) is 11.8 Å². The summed E-state index contributed by atoms with van der Waals surface area (Å²) in [6.07, 6.45) is -4.80. The van der Waals surface area contributed by atoms with E-state index >= 15 is 0 Å². The number of rotatable bonds is 4. The van der Waals surface area contributed by atoms with Gasteiger partial charge in [0.2, 0.25) is 5.76 Å². The third-order valence-electron chi connectivity index (χ3n) is 2.84. The zero-order valence-corrected chi connectivity index (χ0v) is 12.8. The fourth-order valence-electron chi connectivity index (χ4n) is 1.81. The van der Waals surface area contributed by atoms with Crippen molar-refractivity contribution in [2.24, 2.45) is 0 Å². The van der Waals surface area contributed by atoms with E-state index in [2.05, 4.69) is 9.73 Å². The van der Waals surface area contributed by atoms with Crippen LogP contribution in [0.2, 0.25) is 0 Å². The highest BCUT2D eigenvalue weighted by Crippen LogP contribution is 2.28. The van der Waals surface area contributed by atoms with Crippen LogP contribution in [0.5, 0.6) is 5.75 Å². The van der Waals surface area contributed by atoms with Crippen molar-refractivity contribution in [1.29, 1.82) is 0 Å². The Hall–Kier alpha value is -2.77. The number of nitrogens with one attached hydrogen (secondary N) is 1. The van der Waals surface area contributed by atoms with Gasteiger partial charge in [-0.3, -0.25) is 4.79 Å². The number of carbonyl (C=O) groups excluding carboxylic acids is 1. The maximum atomic E-state index is 12.4. The monoisotopic (exact) mass is 341 g/mol. The van der Waals surface area contributed by atoms with Crippen molar-refractivity contribution in [2.45, 2.75) is 26.1 Å². The summed E-state index contributed by atoms with van der Waals surface area (Å²) in [5, 5.41) is 2.21. The molecule has 0 unspecified atom stereocenters. The van der Waals surface area contributed by atoms with E-state index in [4.69, 9.17) is 4.74 Å². The van der Waals surface area contributed by atoms with E-state index in [1.807, 2.05) is 13.8 Å². The summed E-state index contributed by atoms with van der Waals surface area (Å²) >= 11 is 0. The van der Waals surface area contributed by atoms with E-state index in [0.717, 1.165) is 6.07 Å². The van der Waals surface area contributed by atoms with Crippen LogP contribution in [0.1, 0.15) is 30.0 Å². The minimum absolute atomic E-state index is 0.0264. The molecule has 1 aromatic heterocycles. The van der Waals surface area contributed by atoms with E-state index in [9.17, 15) is 22.8 Å². The smallest absolute Gasteiger partial charge is 0.449 e. The molecule has 1 N–H and O–H groups in total. The number of carbonyl (C=O) groups is 1. The molecule has 24 heavy (non-hydrogen) atoms. The second-order valence-electron chi connectivity index (χ2n) is 5.14. The second-order valence-corrected chi connectivity index (χ2v) is 5.14. The average molecular weight is 341 g/mol. The van der Waals surface area contributed by atoms with Crippen molar-refractivity contribution in [1.82, 2.24) is 0 Å². The van der Waals surface area contributed by atoms with Gasteiger partial charge in [0.25, 0.3) is 5.91 Å². The molecule has 0 fully saturated rings. The van der Waals surface area contributed by atoms with Crippen LogP contribution in [-0.4, -0.2) is 12.0 Å². The Bertz CT molecular complexity index is 779. The van der Waals surface area contributed by atoms with Gasteiger partial charge in [-0.15, -0.1) is 0 Å². The Balaban J connectivity index is 2.13. The van der Waals surface area contributed by atoms with Gasteiger partial charge in [-0.1, -0.05) is 0 Å². The van der Waals surface area contributed by atoms with Crippen molar-refractivity contribution in [3.05, 3.63) is 58.1 Å². The summed E-state index contributed by atoms with van der Waals surface area (Å²) in [6.45, 7) is 3.70. The standard InChI is InChI=1S/C16H14F3NO4/c1-9(2)23-11-5-3-10(4-6-11)14(21)20-12-7-8-13(16(17,18)19)24-15(12)22/h3-9H,1-2H3,(H,20,21). The largest absolute Gasteiger partial charge is 0.491 e. The molecule has 2 aromatic rings. The van der Waals surface area contributed by atoms with Gasteiger partial charge >= 0.3 is 11.8 Å². The van der Waals surface area contributed by atoms with Crippen LogP contribution >= 0.6 is 0 Å². The molecule has 2 rings (SSSR count). The molecule has 1 amide bonds. The summed E-state index contributed by atoms with van der Waals surface area (Å²) < 4.78 is 46.9. The predicted molar refractivity (Wildman–Crippen MR) is 80.1 cm³/mol. The zero-order chi connectivity index (χ0) is 17.9. The van der Waals surface area contributed by atoms with E-state index < -0.39 is 23.5 Å². The van der Waals surface area contributed by atoms with Gasteiger partial charge in [-0.25, -0.2) is 4.79 Å². The van der Waals surface area contributed by atoms with Crippen LogP contribution in [0.25, 0.3) is 0 Å². The van der Waals surface area contributed by atoms with Crippen molar-refractivity contribution in [2.75, 3.05) is 5.32 Å². The molecule has 0 bridgehead atoms. The minimum Gasteiger partial charge on any atom is -0.491 e. The molecule has 0 saturated heterocycles. The molecular formula is C16H14F3NO4. The van der Waals surface area contributed by atoms with Gasteiger partial charge < -0.3 is 14.5 Å². The summed E-state index contributed by atoms with van der Waals surface area (Å²) in [7, 11) is 0. The van der Waals surface area contributed by atoms with E-state index in [1.165, 1.54) is 12.1 Å². The highest BCUT2D eigenvalue weighted by Gasteiger charge is 2.34. The first kappa shape index (κ1) is 17.6. The Labute approximate surface area is 135 Å².